The Morgan fingerprint density at radius 1 is 1.42 bits per heavy atom. The summed E-state index contributed by atoms with van der Waals surface area (Å²) in [6.07, 6.45) is 0.191. The van der Waals surface area contributed by atoms with Gasteiger partial charge in [-0.2, -0.15) is 13.2 Å². The summed E-state index contributed by atoms with van der Waals surface area (Å²) in [5, 5.41) is 7.32. The molecule has 1 aliphatic carbocycles. The summed E-state index contributed by atoms with van der Waals surface area (Å²) in [4.78, 5) is 9.94. The molecule has 0 bridgehead atoms. The minimum Gasteiger partial charge on any atom is -0.357 e. The van der Waals surface area contributed by atoms with Crippen LogP contribution in [0.4, 0.5) is 13.2 Å². The SMILES string of the molecule is CCNC(=NCCc1ncc(C)s1)NC1CCCC(C(F)(F)F)C1. The van der Waals surface area contributed by atoms with Gasteiger partial charge in [-0.1, -0.05) is 6.42 Å². The lowest BCUT2D eigenvalue weighted by molar-refractivity contribution is -0.183. The molecule has 136 valence electrons. The van der Waals surface area contributed by atoms with E-state index in [1.807, 2.05) is 20.0 Å². The standard InChI is InChI=1S/C16H25F3N4S/c1-3-20-15(21-8-7-14-22-10-11(2)24-14)23-13-6-4-5-12(9-13)16(17,18)19/h10,12-13H,3-9H2,1-2H3,(H2,20,21,23). The first-order valence-electron chi connectivity index (χ1n) is 8.41. The summed E-state index contributed by atoms with van der Waals surface area (Å²) in [6.45, 7) is 5.20. The summed E-state index contributed by atoms with van der Waals surface area (Å²) in [5.74, 6) is -0.608. The summed E-state index contributed by atoms with van der Waals surface area (Å²) < 4.78 is 38.7. The molecule has 0 saturated heterocycles. The van der Waals surface area contributed by atoms with Gasteiger partial charge in [-0.3, -0.25) is 4.99 Å². The first-order chi connectivity index (χ1) is 11.4. The third kappa shape index (κ3) is 5.96. The van der Waals surface area contributed by atoms with E-state index in [-0.39, 0.29) is 18.9 Å². The van der Waals surface area contributed by atoms with E-state index in [4.69, 9.17) is 0 Å². The number of nitrogens with one attached hydrogen (secondary N) is 2. The Morgan fingerprint density at radius 3 is 2.83 bits per heavy atom. The van der Waals surface area contributed by atoms with Crippen LogP contribution in [0.5, 0.6) is 0 Å². The maximum absolute atomic E-state index is 12.9. The number of hydrogen-bond donors (Lipinski definition) is 2. The number of aromatic nitrogens is 1. The second-order valence-electron chi connectivity index (χ2n) is 6.12. The Bertz CT molecular complexity index is 542. The van der Waals surface area contributed by atoms with E-state index in [1.165, 1.54) is 4.88 Å². The molecule has 1 fully saturated rings. The topological polar surface area (TPSA) is 49.3 Å². The van der Waals surface area contributed by atoms with E-state index in [2.05, 4.69) is 20.6 Å². The van der Waals surface area contributed by atoms with Crippen molar-refractivity contribution in [1.29, 1.82) is 0 Å². The number of halogens is 3. The number of guanidine groups is 1. The Morgan fingerprint density at radius 2 is 2.21 bits per heavy atom. The quantitative estimate of drug-likeness (QED) is 0.621. The van der Waals surface area contributed by atoms with Gasteiger partial charge in [0.25, 0.3) is 0 Å². The van der Waals surface area contributed by atoms with Gasteiger partial charge in [0, 0.05) is 36.6 Å². The number of aliphatic imine (C=N–C) groups is 1. The Labute approximate surface area is 145 Å². The normalized spacial score (nSPS) is 22.5. The van der Waals surface area contributed by atoms with Crippen molar-refractivity contribution in [2.75, 3.05) is 13.1 Å². The van der Waals surface area contributed by atoms with Crippen LogP contribution in [-0.2, 0) is 6.42 Å². The van der Waals surface area contributed by atoms with Gasteiger partial charge in [0.2, 0.25) is 0 Å². The minimum absolute atomic E-state index is 0.125. The van der Waals surface area contributed by atoms with E-state index in [0.717, 1.165) is 17.8 Å². The predicted octanol–water partition coefficient (Wildman–Crippen LogP) is 3.67. The number of nitrogens with zero attached hydrogens (tertiary/aromatic N) is 2. The Hall–Kier alpha value is -1.31. The van der Waals surface area contributed by atoms with Crippen molar-refractivity contribution in [3.05, 3.63) is 16.1 Å². The first kappa shape index (κ1) is 19.0. The molecule has 8 heteroatoms. The molecule has 1 aromatic heterocycles. The molecular formula is C16H25F3N4S. The van der Waals surface area contributed by atoms with Crippen molar-refractivity contribution < 1.29 is 13.2 Å². The molecule has 2 unspecified atom stereocenters. The van der Waals surface area contributed by atoms with Crippen LogP contribution in [-0.4, -0.2) is 36.3 Å². The van der Waals surface area contributed by atoms with E-state index >= 15 is 0 Å². The largest absolute Gasteiger partial charge is 0.391 e. The van der Waals surface area contributed by atoms with Crippen LogP contribution < -0.4 is 10.6 Å². The number of alkyl halides is 3. The van der Waals surface area contributed by atoms with Crippen LogP contribution in [0.1, 0.15) is 42.5 Å². The van der Waals surface area contributed by atoms with Crippen LogP contribution in [0.25, 0.3) is 0 Å². The highest BCUT2D eigenvalue weighted by molar-refractivity contribution is 7.11. The summed E-state index contributed by atoms with van der Waals surface area (Å²) >= 11 is 1.65. The van der Waals surface area contributed by atoms with Crippen LogP contribution >= 0.6 is 11.3 Å². The molecule has 24 heavy (non-hydrogen) atoms. The molecule has 1 aliphatic rings. The van der Waals surface area contributed by atoms with Gasteiger partial charge < -0.3 is 10.6 Å². The molecule has 0 spiro atoms. The van der Waals surface area contributed by atoms with Gasteiger partial charge in [-0.15, -0.1) is 11.3 Å². The lowest BCUT2D eigenvalue weighted by atomic mass is 9.85. The molecule has 1 saturated carbocycles. The fourth-order valence-electron chi connectivity index (χ4n) is 2.91. The highest BCUT2D eigenvalue weighted by atomic mass is 32.1. The predicted molar refractivity (Wildman–Crippen MR) is 91.5 cm³/mol. The Kier molecular flexibility index (Phi) is 6.89. The first-order valence-corrected chi connectivity index (χ1v) is 9.23. The lowest BCUT2D eigenvalue weighted by Crippen LogP contribution is -2.46. The van der Waals surface area contributed by atoms with Gasteiger partial charge in [-0.25, -0.2) is 4.98 Å². The van der Waals surface area contributed by atoms with Crippen molar-refractivity contribution in [3.8, 4) is 0 Å². The third-order valence-electron chi connectivity index (χ3n) is 4.09. The van der Waals surface area contributed by atoms with Crippen molar-refractivity contribution >= 4 is 17.3 Å². The Balaban J connectivity index is 1.88. The van der Waals surface area contributed by atoms with Crippen LogP contribution in [0, 0.1) is 12.8 Å². The summed E-state index contributed by atoms with van der Waals surface area (Å²) in [5.41, 5.74) is 0. The van der Waals surface area contributed by atoms with Crippen molar-refractivity contribution in [2.45, 2.75) is 58.2 Å². The maximum Gasteiger partial charge on any atom is 0.391 e. The minimum atomic E-state index is -4.10. The third-order valence-corrected chi connectivity index (χ3v) is 5.06. The average molecular weight is 362 g/mol. The molecule has 2 N–H and O–H groups in total. The smallest absolute Gasteiger partial charge is 0.357 e. The van der Waals surface area contributed by atoms with E-state index in [0.29, 0.717) is 25.5 Å². The second kappa shape index (κ2) is 8.69. The highest BCUT2D eigenvalue weighted by Gasteiger charge is 2.42. The second-order valence-corrected chi connectivity index (χ2v) is 7.44. The number of hydrogen-bond acceptors (Lipinski definition) is 3. The summed E-state index contributed by atoms with van der Waals surface area (Å²) in [6, 6.07) is -0.176. The number of thiazole rings is 1. The maximum atomic E-state index is 12.9. The van der Waals surface area contributed by atoms with Gasteiger partial charge in [-0.05, 0) is 33.1 Å². The molecular weight excluding hydrogens is 337 g/mol. The zero-order valence-corrected chi connectivity index (χ0v) is 14.9. The number of rotatable bonds is 5. The average Bonchev–Trinajstić information content (AvgIpc) is 2.92. The molecule has 0 radical (unpaired) electrons. The van der Waals surface area contributed by atoms with Crippen molar-refractivity contribution in [3.63, 3.8) is 0 Å². The lowest BCUT2D eigenvalue weighted by Gasteiger charge is -2.31. The fraction of sp³-hybridized carbons (Fsp3) is 0.750. The van der Waals surface area contributed by atoms with Crippen LogP contribution in [0.15, 0.2) is 11.2 Å². The molecule has 0 aliphatic heterocycles. The molecule has 2 atom stereocenters. The molecule has 0 amide bonds. The van der Waals surface area contributed by atoms with Gasteiger partial charge in [0.05, 0.1) is 10.9 Å². The van der Waals surface area contributed by atoms with Gasteiger partial charge in [0.1, 0.15) is 0 Å². The van der Waals surface area contributed by atoms with E-state index in [1.54, 1.807) is 11.3 Å². The van der Waals surface area contributed by atoms with Crippen LogP contribution in [0.3, 0.4) is 0 Å². The number of aryl methyl sites for hydroxylation is 1. The van der Waals surface area contributed by atoms with E-state index < -0.39 is 12.1 Å². The monoisotopic (exact) mass is 362 g/mol. The van der Waals surface area contributed by atoms with Crippen molar-refractivity contribution in [2.24, 2.45) is 10.9 Å². The van der Waals surface area contributed by atoms with E-state index in [9.17, 15) is 13.2 Å². The van der Waals surface area contributed by atoms with Gasteiger partial charge in [0.15, 0.2) is 5.96 Å². The van der Waals surface area contributed by atoms with Gasteiger partial charge >= 0.3 is 6.18 Å². The molecule has 1 aromatic rings. The van der Waals surface area contributed by atoms with Crippen molar-refractivity contribution in [1.82, 2.24) is 15.6 Å². The molecule has 1 heterocycles. The molecule has 2 rings (SSSR count). The zero-order chi connectivity index (χ0) is 17.6. The fourth-order valence-corrected chi connectivity index (χ4v) is 3.69. The highest BCUT2D eigenvalue weighted by Crippen LogP contribution is 2.37. The summed E-state index contributed by atoms with van der Waals surface area (Å²) in [7, 11) is 0. The molecule has 0 aromatic carbocycles. The molecule has 4 nitrogen and oxygen atoms in total. The zero-order valence-electron chi connectivity index (χ0n) is 14.1. The van der Waals surface area contributed by atoms with Crippen LogP contribution in [0.2, 0.25) is 0 Å².